The molecule has 1 saturated heterocycles. The summed E-state index contributed by atoms with van der Waals surface area (Å²) < 4.78 is 50.5. The molecule has 1 fully saturated rings. The fraction of sp³-hybridized carbons (Fsp3) is 0.130. The van der Waals surface area contributed by atoms with E-state index in [1.165, 1.54) is 24.3 Å². The number of para-hydroxylation sites is 4. The molecule has 8 rings (SSSR count). The van der Waals surface area contributed by atoms with E-state index in [0.717, 1.165) is 0 Å². The number of hydrogen-bond donors (Lipinski definition) is 1. The lowest BCUT2D eigenvalue weighted by Crippen LogP contribution is -2.66. The van der Waals surface area contributed by atoms with Gasteiger partial charge in [-0.2, -0.15) is 0 Å². The number of aromatic hydroxyl groups is 1. The van der Waals surface area contributed by atoms with Gasteiger partial charge in [0, 0.05) is 6.07 Å². The van der Waals surface area contributed by atoms with E-state index in [9.17, 15) is 14.7 Å². The Bertz CT molecular complexity index is 2440. The molecule has 0 spiro atoms. The van der Waals surface area contributed by atoms with Gasteiger partial charge in [-0.1, -0.05) is 91.0 Å². The molecule has 286 valence electrons. The summed E-state index contributed by atoms with van der Waals surface area (Å²) in [6.07, 6.45) is -4.58. The molecule has 0 radical (unpaired) electrons. The Morgan fingerprint density at radius 3 is 1.65 bits per heavy atom. The number of benzene rings is 6. The molecule has 5 atom stereocenters. The van der Waals surface area contributed by atoms with Crippen LogP contribution in [-0.2, 0) is 4.74 Å². The summed E-state index contributed by atoms with van der Waals surface area (Å²) in [7, 11) is 0. The molecule has 0 unspecified atom stereocenters. The van der Waals surface area contributed by atoms with Gasteiger partial charge in [0.15, 0.2) is 18.0 Å². The molecule has 0 saturated carbocycles. The van der Waals surface area contributed by atoms with E-state index < -0.39 is 53.8 Å². The molecule has 1 N–H and O–H groups in total. The topological polar surface area (TPSA) is 132 Å². The number of rotatable bonds is 13. The van der Waals surface area contributed by atoms with Gasteiger partial charge >= 0.3 is 11.6 Å². The normalized spacial score (nSPS) is 18.9. The van der Waals surface area contributed by atoms with E-state index >= 15 is 0 Å². The second kappa shape index (κ2) is 17.1. The fourth-order valence-corrected chi connectivity index (χ4v) is 6.34. The molecule has 6 aromatic carbocycles. The highest BCUT2D eigenvalue weighted by molar-refractivity contribution is 5.93. The summed E-state index contributed by atoms with van der Waals surface area (Å²) in [5.74, 6) is 0.451. The Morgan fingerprint density at radius 2 is 1.07 bits per heavy atom. The second-order valence-electron chi connectivity index (χ2n) is 13.0. The summed E-state index contributed by atoms with van der Waals surface area (Å²) >= 11 is 0. The van der Waals surface area contributed by atoms with E-state index in [4.69, 9.17) is 37.6 Å². The molecule has 0 aliphatic carbocycles. The van der Waals surface area contributed by atoms with Crippen molar-refractivity contribution in [2.24, 2.45) is 0 Å². The van der Waals surface area contributed by atoms with Crippen LogP contribution in [0.25, 0.3) is 11.0 Å². The van der Waals surface area contributed by atoms with Gasteiger partial charge in [0.2, 0.25) is 12.4 Å². The van der Waals surface area contributed by atoms with Crippen molar-refractivity contribution in [2.75, 3.05) is 6.61 Å². The Kier molecular flexibility index (Phi) is 11.0. The van der Waals surface area contributed by atoms with Crippen molar-refractivity contribution in [2.45, 2.75) is 30.7 Å². The van der Waals surface area contributed by atoms with E-state index in [-0.39, 0.29) is 28.9 Å². The molecule has 0 bridgehead atoms. The highest BCUT2D eigenvalue weighted by Gasteiger charge is 2.52. The van der Waals surface area contributed by atoms with Crippen LogP contribution in [0.4, 0.5) is 0 Å². The van der Waals surface area contributed by atoms with Gasteiger partial charge in [-0.3, -0.25) is 0 Å². The summed E-state index contributed by atoms with van der Waals surface area (Å²) in [5.41, 5.74) is -0.897. The van der Waals surface area contributed by atoms with Crippen LogP contribution in [0.2, 0.25) is 0 Å². The van der Waals surface area contributed by atoms with Crippen molar-refractivity contribution in [1.82, 2.24) is 0 Å². The van der Waals surface area contributed by atoms with Crippen molar-refractivity contribution in [3.8, 4) is 40.2 Å². The SMILES string of the molecule is O=C(Oc1c(O)c2ccc(O[C@H]3O[C@H](COc4ccccc4)[C@@H](Oc4ccccc4)[C@H](Oc4ccccc4)[C@@H]3Oc3ccccc3)cc2oc1=O)c1ccccc1. The van der Waals surface area contributed by atoms with Crippen molar-refractivity contribution in [3.05, 3.63) is 186 Å². The van der Waals surface area contributed by atoms with Crippen molar-refractivity contribution >= 4 is 16.9 Å². The second-order valence-corrected chi connectivity index (χ2v) is 13.0. The van der Waals surface area contributed by atoms with E-state index in [1.807, 2.05) is 121 Å². The predicted molar refractivity (Wildman–Crippen MR) is 209 cm³/mol. The van der Waals surface area contributed by atoms with Crippen LogP contribution in [0.15, 0.2) is 179 Å². The third kappa shape index (κ3) is 8.69. The number of esters is 1. The summed E-state index contributed by atoms with van der Waals surface area (Å²) in [6, 6.07) is 49.7. The first kappa shape index (κ1) is 36.7. The molecular weight excluding hydrogens is 728 g/mol. The zero-order valence-corrected chi connectivity index (χ0v) is 30.3. The first-order valence-corrected chi connectivity index (χ1v) is 18.2. The lowest BCUT2D eigenvalue weighted by molar-refractivity contribution is -0.260. The van der Waals surface area contributed by atoms with Crippen molar-refractivity contribution < 1.29 is 47.5 Å². The number of fused-ring (bicyclic) bond motifs is 1. The Morgan fingerprint density at radius 1 is 0.561 bits per heavy atom. The summed E-state index contributed by atoms with van der Waals surface area (Å²) in [5, 5.41) is 11.2. The molecule has 1 aliphatic heterocycles. The number of carbonyl (C=O) groups is 1. The van der Waals surface area contributed by atoms with Gasteiger partial charge in [0.25, 0.3) is 5.75 Å². The van der Waals surface area contributed by atoms with Crippen molar-refractivity contribution in [3.63, 3.8) is 0 Å². The highest BCUT2D eigenvalue weighted by Crippen LogP contribution is 2.37. The number of ether oxygens (including phenoxy) is 7. The van der Waals surface area contributed by atoms with Crippen LogP contribution in [0.1, 0.15) is 10.4 Å². The Hall–Kier alpha value is -7.24. The maximum absolute atomic E-state index is 13.1. The van der Waals surface area contributed by atoms with Crippen LogP contribution in [0.3, 0.4) is 0 Å². The zero-order chi connectivity index (χ0) is 39.0. The Balaban J connectivity index is 1.16. The van der Waals surface area contributed by atoms with Gasteiger partial charge in [-0.05, 0) is 72.8 Å². The largest absolute Gasteiger partial charge is 0.504 e. The molecular formula is C46H36O11. The summed E-state index contributed by atoms with van der Waals surface area (Å²) in [4.78, 5) is 25.8. The van der Waals surface area contributed by atoms with Crippen molar-refractivity contribution in [1.29, 1.82) is 0 Å². The average molecular weight is 765 g/mol. The van der Waals surface area contributed by atoms with Gasteiger partial charge < -0.3 is 42.7 Å². The molecule has 1 aromatic heterocycles. The molecule has 7 aromatic rings. The fourth-order valence-electron chi connectivity index (χ4n) is 6.34. The third-order valence-corrected chi connectivity index (χ3v) is 9.06. The molecule has 57 heavy (non-hydrogen) atoms. The summed E-state index contributed by atoms with van der Waals surface area (Å²) in [6.45, 7) is 0.0407. The van der Waals surface area contributed by atoms with E-state index in [2.05, 4.69) is 0 Å². The van der Waals surface area contributed by atoms with Crippen LogP contribution >= 0.6 is 0 Å². The van der Waals surface area contributed by atoms with Crippen LogP contribution in [-0.4, -0.2) is 48.4 Å². The minimum absolute atomic E-state index is 0.0304. The third-order valence-electron chi connectivity index (χ3n) is 9.06. The lowest BCUT2D eigenvalue weighted by atomic mass is 9.97. The smallest absolute Gasteiger partial charge is 0.383 e. The first-order chi connectivity index (χ1) is 28.0. The molecule has 11 nitrogen and oxygen atoms in total. The van der Waals surface area contributed by atoms with Crippen LogP contribution in [0.5, 0.6) is 40.2 Å². The molecule has 2 heterocycles. The Labute approximate surface area is 327 Å². The maximum Gasteiger partial charge on any atom is 0.383 e. The van der Waals surface area contributed by atoms with Gasteiger partial charge in [-0.15, -0.1) is 0 Å². The average Bonchev–Trinajstić information content (AvgIpc) is 3.25. The monoisotopic (exact) mass is 764 g/mol. The quantitative estimate of drug-likeness (QED) is 0.0900. The highest BCUT2D eigenvalue weighted by atomic mass is 16.7. The first-order valence-electron chi connectivity index (χ1n) is 18.2. The van der Waals surface area contributed by atoms with E-state index in [1.54, 1.807) is 24.3 Å². The molecule has 11 heteroatoms. The molecule has 1 aliphatic rings. The molecule has 0 amide bonds. The standard InChI is InChI=1S/C46H36O11/c47-39-36-27-26-35(28-37(36)55-45(49)41(39)57-44(48)30-16-6-1-7-17-30)54-46-43(53-34-24-14-5-15-25-34)42(52-33-22-12-4-13-23-33)40(51-32-20-10-3-11-21-32)38(56-46)29-50-31-18-8-2-9-19-31/h1-28,38,40,42-43,46-47H,29H2/t38-,40-,42+,43+,46+/m1/s1. The maximum atomic E-state index is 13.1. The predicted octanol–water partition coefficient (Wildman–Crippen LogP) is 8.24. The van der Waals surface area contributed by atoms with Crippen LogP contribution < -0.4 is 34.0 Å². The number of carbonyl (C=O) groups excluding carboxylic acids is 1. The van der Waals surface area contributed by atoms with Crippen LogP contribution in [0, 0.1) is 0 Å². The minimum atomic E-state index is -1.16. The van der Waals surface area contributed by atoms with Gasteiger partial charge in [0.1, 0.15) is 47.0 Å². The minimum Gasteiger partial charge on any atom is -0.504 e. The lowest BCUT2D eigenvalue weighted by Gasteiger charge is -2.45. The van der Waals surface area contributed by atoms with Gasteiger partial charge in [0.05, 0.1) is 10.9 Å². The van der Waals surface area contributed by atoms with E-state index in [0.29, 0.717) is 23.0 Å². The van der Waals surface area contributed by atoms with Gasteiger partial charge in [-0.25, -0.2) is 9.59 Å². The number of hydrogen-bond acceptors (Lipinski definition) is 11. The zero-order valence-electron chi connectivity index (χ0n) is 30.3.